The van der Waals surface area contributed by atoms with Crippen LogP contribution in [0.25, 0.3) is 0 Å². The molecule has 0 bridgehead atoms. The van der Waals surface area contributed by atoms with Gasteiger partial charge in [0.25, 0.3) is 0 Å². The van der Waals surface area contributed by atoms with Gasteiger partial charge < -0.3 is 10.2 Å². The van der Waals surface area contributed by atoms with Gasteiger partial charge in [0.2, 0.25) is 5.91 Å². The van der Waals surface area contributed by atoms with E-state index >= 15 is 0 Å². The molecule has 0 spiro atoms. The molecule has 1 fully saturated rings. The number of carbonyl (C=O) groups excluding carboxylic acids is 1. The summed E-state index contributed by atoms with van der Waals surface area (Å²) in [5.74, 6) is 0.109. The van der Waals surface area contributed by atoms with Crippen LogP contribution in [0.5, 0.6) is 0 Å². The van der Waals surface area contributed by atoms with Crippen LogP contribution in [-0.2, 0) is 14.6 Å². The fraction of sp³-hybridized carbons (Fsp3) is 0.462. The highest BCUT2D eigenvalue weighted by atomic mass is 35.5. The van der Waals surface area contributed by atoms with Crippen LogP contribution >= 0.6 is 11.6 Å². The largest absolute Gasteiger partial charge is 0.376 e. The zero-order valence-electron chi connectivity index (χ0n) is 11.2. The summed E-state index contributed by atoms with van der Waals surface area (Å²) in [6, 6.07) is 6.84. The number of hydrogen-bond donors (Lipinski definition) is 1. The van der Waals surface area contributed by atoms with E-state index in [9.17, 15) is 13.2 Å². The van der Waals surface area contributed by atoms with Crippen LogP contribution in [0.1, 0.15) is 6.42 Å². The summed E-state index contributed by atoms with van der Waals surface area (Å²) < 4.78 is 22.8. The third-order valence-corrected chi connectivity index (χ3v) is 5.44. The van der Waals surface area contributed by atoms with Gasteiger partial charge in [0.05, 0.1) is 18.1 Å². The molecule has 0 aromatic heterocycles. The number of halogens is 1. The van der Waals surface area contributed by atoms with Crippen LogP contribution in [-0.4, -0.2) is 50.4 Å². The third-order valence-electron chi connectivity index (χ3n) is 3.44. The summed E-state index contributed by atoms with van der Waals surface area (Å²) >= 11 is 5.78. The summed E-state index contributed by atoms with van der Waals surface area (Å²) in [6.45, 7) is 0.134. The van der Waals surface area contributed by atoms with Crippen molar-refractivity contribution < 1.29 is 13.2 Å². The maximum atomic E-state index is 12.0. The molecule has 1 amide bonds. The quantitative estimate of drug-likeness (QED) is 0.912. The molecule has 1 heterocycles. The zero-order valence-corrected chi connectivity index (χ0v) is 12.7. The summed E-state index contributed by atoms with van der Waals surface area (Å²) in [5.41, 5.74) is 0.801. The van der Waals surface area contributed by atoms with Crippen LogP contribution in [0.15, 0.2) is 24.3 Å². The second kappa shape index (κ2) is 6.01. The highest BCUT2D eigenvalue weighted by Gasteiger charge is 2.32. The first-order chi connectivity index (χ1) is 9.37. The first-order valence-electron chi connectivity index (χ1n) is 6.33. The molecule has 1 unspecified atom stereocenters. The smallest absolute Gasteiger partial charge is 0.241 e. The van der Waals surface area contributed by atoms with Crippen molar-refractivity contribution in [2.24, 2.45) is 0 Å². The molecule has 1 aromatic rings. The molecule has 0 radical (unpaired) electrons. The van der Waals surface area contributed by atoms with E-state index in [4.69, 9.17) is 11.6 Å². The second-order valence-corrected chi connectivity index (χ2v) is 7.59. The fourth-order valence-electron chi connectivity index (χ4n) is 2.15. The van der Waals surface area contributed by atoms with E-state index in [2.05, 4.69) is 5.32 Å². The van der Waals surface area contributed by atoms with Crippen LogP contribution < -0.4 is 5.32 Å². The Hall–Kier alpha value is -1.27. The maximum absolute atomic E-state index is 12.0. The monoisotopic (exact) mass is 316 g/mol. The van der Waals surface area contributed by atoms with Gasteiger partial charge in [-0.3, -0.25) is 4.79 Å². The van der Waals surface area contributed by atoms with Crippen molar-refractivity contribution in [2.75, 3.05) is 30.4 Å². The lowest BCUT2D eigenvalue weighted by Gasteiger charge is -2.23. The third kappa shape index (κ3) is 3.86. The minimum Gasteiger partial charge on any atom is -0.376 e. The Balaban J connectivity index is 1.87. The average molecular weight is 317 g/mol. The number of hydrogen-bond acceptors (Lipinski definition) is 4. The van der Waals surface area contributed by atoms with E-state index in [0.717, 1.165) is 5.69 Å². The van der Waals surface area contributed by atoms with E-state index in [0.29, 0.717) is 11.4 Å². The number of likely N-dealkylation sites (N-methyl/N-ethyl adjacent to an activating group) is 1. The fourth-order valence-corrected chi connectivity index (χ4v) is 4.05. The average Bonchev–Trinajstić information content (AvgIpc) is 2.77. The van der Waals surface area contributed by atoms with Crippen molar-refractivity contribution >= 4 is 33.0 Å². The van der Waals surface area contributed by atoms with Gasteiger partial charge >= 0.3 is 0 Å². The second-order valence-electron chi connectivity index (χ2n) is 4.92. The number of sulfone groups is 1. The lowest BCUT2D eigenvalue weighted by molar-refractivity contribution is -0.129. The Morgan fingerprint density at radius 3 is 2.60 bits per heavy atom. The Morgan fingerprint density at radius 1 is 1.40 bits per heavy atom. The van der Waals surface area contributed by atoms with E-state index in [-0.39, 0.29) is 30.0 Å². The molecule has 7 heteroatoms. The summed E-state index contributed by atoms with van der Waals surface area (Å²) in [6.07, 6.45) is 0.519. The van der Waals surface area contributed by atoms with E-state index in [1.165, 1.54) is 4.90 Å². The highest BCUT2D eigenvalue weighted by molar-refractivity contribution is 7.91. The number of carbonyl (C=O) groups is 1. The molecule has 1 saturated heterocycles. The molecule has 1 aliphatic heterocycles. The highest BCUT2D eigenvalue weighted by Crippen LogP contribution is 2.17. The van der Waals surface area contributed by atoms with Crippen molar-refractivity contribution in [1.82, 2.24) is 4.90 Å². The molecule has 5 nitrogen and oxygen atoms in total. The van der Waals surface area contributed by atoms with Gasteiger partial charge in [-0.05, 0) is 30.7 Å². The van der Waals surface area contributed by atoms with E-state index in [1.807, 2.05) is 0 Å². The SMILES string of the molecule is CN(C(=O)CNc1ccc(Cl)cc1)C1CCS(=O)(=O)C1. The normalized spacial score (nSPS) is 20.6. The minimum absolute atomic E-state index is 0.0657. The van der Waals surface area contributed by atoms with Crippen LogP contribution in [0, 0.1) is 0 Å². The van der Waals surface area contributed by atoms with Gasteiger partial charge in [-0.2, -0.15) is 0 Å². The van der Waals surface area contributed by atoms with Gasteiger partial charge in [0, 0.05) is 23.8 Å². The summed E-state index contributed by atoms with van der Waals surface area (Å²) in [5, 5.41) is 3.63. The predicted octanol–water partition coefficient (Wildman–Crippen LogP) is 1.40. The molecule has 1 aromatic carbocycles. The molecular formula is C13H17ClN2O3S. The number of nitrogens with one attached hydrogen (secondary N) is 1. The minimum atomic E-state index is -2.97. The molecule has 20 heavy (non-hydrogen) atoms. The topological polar surface area (TPSA) is 66.5 Å². The maximum Gasteiger partial charge on any atom is 0.241 e. The number of benzene rings is 1. The lowest BCUT2D eigenvalue weighted by Crippen LogP contribution is -2.40. The lowest BCUT2D eigenvalue weighted by atomic mass is 10.2. The Labute approximate surface area is 123 Å². The van der Waals surface area contributed by atoms with Crippen molar-refractivity contribution in [3.8, 4) is 0 Å². The first-order valence-corrected chi connectivity index (χ1v) is 8.53. The van der Waals surface area contributed by atoms with E-state index in [1.54, 1.807) is 31.3 Å². The van der Waals surface area contributed by atoms with Crippen molar-refractivity contribution in [3.63, 3.8) is 0 Å². The zero-order chi connectivity index (χ0) is 14.8. The summed E-state index contributed by atoms with van der Waals surface area (Å²) in [4.78, 5) is 13.5. The van der Waals surface area contributed by atoms with Crippen LogP contribution in [0.2, 0.25) is 5.02 Å². The van der Waals surface area contributed by atoms with Gasteiger partial charge in [0.1, 0.15) is 0 Å². The van der Waals surface area contributed by atoms with Gasteiger partial charge in [-0.1, -0.05) is 11.6 Å². The Morgan fingerprint density at radius 2 is 2.05 bits per heavy atom. The number of rotatable bonds is 4. The van der Waals surface area contributed by atoms with Crippen molar-refractivity contribution in [2.45, 2.75) is 12.5 Å². The standard InChI is InChI=1S/C13H17ClN2O3S/c1-16(12-6-7-20(18,19)9-12)13(17)8-15-11-4-2-10(14)3-5-11/h2-5,12,15H,6-9H2,1H3. The number of nitrogens with zero attached hydrogens (tertiary/aromatic N) is 1. The van der Waals surface area contributed by atoms with Gasteiger partial charge in [-0.25, -0.2) is 8.42 Å². The van der Waals surface area contributed by atoms with Gasteiger partial charge in [-0.15, -0.1) is 0 Å². The van der Waals surface area contributed by atoms with Crippen LogP contribution in [0.3, 0.4) is 0 Å². The Kier molecular flexibility index (Phi) is 4.55. The molecule has 2 rings (SSSR count). The molecule has 1 aliphatic rings. The molecule has 1 atom stereocenters. The van der Waals surface area contributed by atoms with Crippen LogP contribution in [0.4, 0.5) is 5.69 Å². The Bertz CT molecular complexity index is 586. The van der Waals surface area contributed by atoms with Gasteiger partial charge in [0.15, 0.2) is 9.84 Å². The number of anilines is 1. The molecular weight excluding hydrogens is 300 g/mol. The van der Waals surface area contributed by atoms with Crippen molar-refractivity contribution in [3.05, 3.63) is 29.3 Å². The predicted molar refractivity (Wildman–Crippen MR) is 79.8 cm³/mol. The van der Waals surface area contributed by atoms with E-state index < -0.39 is 9.84 Å². The first kappa shape index (κ1) is 15.1. The molecule has 0 aliphatic carbocycles. The molecule has 110 valence electrons. The summed E-state index contributed by atoms with van der Waals surface area (Å²) in [7, 11) is -1.32. The van der Waals surface area contributed by atoms with Crippen molar-refractivity contribution in [1.29, 1.82) is 0 Å². The molecule has 0 saturated carbocycles. The number of amides is 1. The molecule has 1 N–H and O–H groups in total.